The molecule has 0 radical (unpaired) electrons. The fraction of sp³-hybridized carbons (Fsp3) is 0.696. The van der Waals surface area contributed by atoms with Gasteiger partial charge in [0.1, 0.15) is 31.5 Å². The molecule has 2 aromatic rings. The summed E-state index contributed by atoms with van der Waals surface area (Å²) in [5, 5.41) is 22.4. The lowest BCUT2D eigenvalue weighted by Crippen LogP contribution is -2.49. The zero-order valence-electron chi connectivity index (χ0n) is 23.1. The van der Waals surface area contributed by atoms with Crippen molar-refractivity contribution in [2.75, 3.05) is 18.5 Å². The minimum atomic E-state index is -2.53. The molecule has 0 aliphatic carbocycles. The van der Waals surface area contributed by atoms with Crippen molar-refractivity contribution < 1.29 is 32.7 Å². The van der Waals surface area contributed by atoms with E-state index in [2.05, 4.69) is 41.0 Å². The van der Waals surface area contributed by atoms with Crippen LogP contribution in [0.5, 0.6) is 0 Å². The summed E-state index contributed by atoms with van der Waals surface area (Å²) in [6.45, 7) is 13.3. The molecule has 3 N–H and O–H groups in total. The molecule has 0 spiro atoms. The molecule has 1 aliphatic heterocycles. The molecular formula is C23H36N6O8PSi+. The van der Waals surface area contributed by atoms with Crippen molar-refractivity contribution in [3.05, 3.63) is 16.7 Å². The molecule has 1 saturated heterocycles. The van der Waals surface area contributed by atoms with E-state index in [1.165, 1.54) is 10.9 Å². The number of anilines is 1. The van der Waals surface area contributed by atoms with Crippen LogP contribution in [0.25, 0.3) is 11.2 Å². The highest BCUT2D eigenvalue weighted by atomic mass is 31.1. The van der Waals surface area contributed by atoms with Crippen LogP contribution in [0.1, 0.15) is 47.3 Å². The van der Waals surface area contributed by atoms with Gasteiger partial charge in [-0.2, -0.15) is 10.2 Å². The van der Waals surface area contributed by atoms with E-state index in [1.807, 2.05) is 19.2 Å². The Morgan fingerprint density at radius 3 is 2.69 bits per heavy atom. The van der Waals surface area contributed by atoms with Gasteiger partial charge in [-0.3, -0.25) is 24.5 Å². The number of imidazole rings is 1. The third-order valence-corrected chi connectivity index (χ3v) is 12.0. The average Bonchev–Trinajstić information content (AvgIpc) is 3.38. The van der Waals surface area contributed by atoms with Gasteiger partial charge in [-0.15, -0.1) is 9.05 Å². The summed E-state index contributed by atoms with van der Waals surface area (Å²) in [5.74, 6) is -0.756. The van der Waals surface area contributed by atoms with Crippen LogP contribution in [0.4, 0.5) is 5.95 Å². The van der Waals surface area contributed by atoms with E-state index >= 15 is 0 Å². The standard InChI is InChI=1S/C23H35N6O8PSi/c1-13(2)19(31)27-22-26-18-15(20(32)28-22)25-12-29(18)21-16(30)17(37-39(6,7)23(3,4)5)14(36-21)11-35-38(33)34-10-8-9-24/h12-14,16-17,21,30H,8,10-11H2,1-7H3,(H-,26,27,28,31,32)/p+1. The Morgan fingerprint density at radius 2 is 2.08 bits per heavy atom. The zero-order chi connectivity index (χ0) is 29.1. The molecule has 0 saturated carbocycles. The average molecular weight is 584 g/mol. The quantitative estimate of drug-likeness (QED) is 0.200. The summed E-state index contributed by atoms with van der Waals surface area (Å²) < 4.78 is 36.5. The number of ether oxygens (including phenoxy) is 1. The van der Waals surface area contributed by atoms with Crippen LogP contribution in [0, 0.1) is 17.2 Å². The van der Waals surface area contributed by atoms with Crippen molar-refractivity contribution in [3.8, 4) is 6.07 Å². The molecule has 3 heterocycles. The molecule has 3 rings (SSSR count). The lowest BCUT2D eigenvalue weighted by Gasteiger charge is -2.39. The van der Waals surface area contributed by atoms with Gasteiger partial charge in [0.2, 0.25) is 11.9 Å². The van der Waals surface area contributed by atoms with Crippen LogP contribution >= 0.6 is 8.25 Å². The second kappa shape index (κ2) is 12.3. The SMILES string of the molecule is CC(C)C(=O)Nc1nc2c(ncn2C2OC(CO[P+](=O)OCCC#N)C(O[Si](C)(C)C(C)(C)C)C2O)c(=O)[nH]1. The van der Waals surface area contributed by atoms with E-state index in [-0.39, 0.29) is 53.6 Å². The molecular weight excluding hydrogens is 547 g/mol. The normalized spacial score (nSPS) is 22.3. The van der Waals surface area contributed by atoms with E-state index in [0.717, 1.165) is 0 Å². The third kappa shape index (κ3) is 7.15. The van der Waals surface area contributed by atoms with E-state index in [0.29, 0.717) is 0 Å². The topological polar surface area (TPSA) is 191 Å². The summed E-state index contributed by atoms with van der Waals surface area (Å²) >= 11 is 0. The predicted molar refractivity (Wildman–Crippen MR) is 143 cm³/mol. The van der Waals surface area contributed by atoms with Crippen LogP contribution in [0.15, 0.2) is 11.1 Å². The van der Waals surface area contributed by atoms with Crippen molar-refractivity contribution in [2.24, 2.45) is 5.92 Å². The number of aliphatic hydroxyl groups is 1. The molecule has 214 valence electrons. The molecule has 39 heavy (non-hydrogen) atoms. The fourth-order valence-corrected chi connectivity index (χ4v) is 5.42. The van der Waals surface area contributed by atoms with Crippen molar-refractivity contribution >= 4 is 39.6 Å². The maximum Gasteiger partial charge on any atom is 0.697 e. The Bertz CT molecular complexity index is 1300. The van der Waals surface area contributed by atoms with Crippen LogP contribution in [0.3, 0.4) is 0 Å². The number of aliphatic hydroxyl groups excluding tert-OH is 1. The Hall–Kier alpha value is -2.57. The van der Waals surface area contributed by atoms with Gasteiger partial charge in [0.05, 0.1) is 18.8 Å². The van der Waals surface area contributed by atoms with Gasteiger partial charge in [-0.1, -0.05) is 34.6 Å². The predicted octanol–water partition coefficient (Wildman–Crippen LogP) is 2.97. The van der Waals surface area contributed by atoms with Gasteiger partial charge in [-0.05, 0) is 18.1 Å². The molecule has 1 amide bonds. The number of hydrogen-bond donors (Lipinski definition) is 3. The van der Waals surface area contributed by atoms with Crippen molar-refractivity contribution in [1.82, 2.24) is 19.5 Å². The summed E-state index contributed by atoms with van der Waals surface area (Å²) in [7, 11) is -4.96. The van der Waals surface area contributed by atoms with Gasteiger partial charge in [0.25, 0.3) is 5.56 Å². The smallest absolute Gasteiger partial charge is 0.408 e. The van der Waals surface area contributed by atoms with Gasteiger partial charge in [0, 0.05) is 10.5 Å². The summed E-state index contributed by atoms with van der Waals surface area (Å²) in [6.07, 6.45) is -2.69. The summed E-state index contributed by atoms with van der Waals surface area (Å²) in [5.41, 5.74) is -0.505. The molecule has 1 aliphatic rings. The van der Waals surface area contributed by atoms with Crippen LogP contribution in [-0.2, 0) is 27.6 Å². The third-order valence-electron chi connectivity index (χ3n) is 6.77. The number of H-pyrrole nitrogens is 1. The number of nitriles is 1. The first kappa shape index (κ1) is 31.0. The van der Waals surface area contributed by atoms with Crippen LogP contribution in [-0.4, -0.2) is 70.4 Å². The molecule has 1 fully saturated rings. The highest BCUT2D eigenvalue weighted by molar-refractivity contribution is 7.33. The Kier molecular flexibility index (Phi) is 9.76. The first-order valence-corrected chi connectivity index (χ1v) is 16.6. The number of amides is 1. The van der Waals surface area contributed by atoms with Gasteiger partial charge in [0.15, 0.2) is 25.7 Å². The Morgan fingerprint density at radius 1 is 1.38 bits per heavy atom. The monoisotopic (exact) mass is 583 g/mol. The number of aromatic amines is 1. The molecule has 14 nitrogen and oxygen atoms in total. The van der Waals surface area contributed by atoms with E-state index in [1.54, 1.807) is 13.8 Å². The summed E-state index contributed by atoms with van der Waals surface area (Å²) in [6, 6.07) is 1.89. The number of fused-ring (bicyclic) bond motifs is 1. The van der Waals surface area contributed by atoms with Gasteiger partial charge in [-0.25, -0.2) is 4.98 Å². The fourth-order valence-electron chi connectivity index (χ4n) is 3.52. The van der Waals surface area contributed by atoms with Crippen molar-refractivity contribution in [3.63, 3.8) is 0 Å². The van der Waals surface area contributed by atoms with E-state index in [4.69, 9.17) is 23.5 Å². The maximum atomic E-state index is 12.6. The number of nitrogens with zero attached hydrogens (tertiary/aromatic N) is 4. The highest BCUT2D eigenvalue weighted by Gasteiger charge is 2.51. The highest BCUT2D eigenvalue weighted by Crippen LogP contribution is 2.42. The summed E-state index contributed by atoms with van der Waals surface area (Å²) in [4.78, 5) is 35.8. The van der Waals surface area contributed by atoms with Crippen molar-refractivity contribution in [2.45, 2.75) is 83.7 Å². The maximum absolute atomic E-state index is 12.6. The number of rotatable bonds is 11. The first-order chi connectivity index (χ1) is 18.2. The number of hydrogen-bond acceptors (Lipinski definition) is 11. The minimum Gasteiger partial charge on any atom is -0.408 e. The molecule has 2 aromatic heterocycles. The van der Waals surface area contributed by atoms with Crippen LogP contribution in [0.2, 0.25) is 18.1 Å². The Labute approximate surface area is 228 Å². The number of carbonyl (C=O) groups is 1. The lowest BCUT2D eigenvalue weighted by atomic mass is 10.1. The molecule has 5 atom stereocenters. The molecule has 0 bridgehead atoms. The zero-order valence-corrected chi connectivity index (χ0v) is 25.0. The van der Waals surface area contributed by atoms with E-state index in [9.17, 15) is 19.3 Å². The van der Waals surface area contributed by atoms with E-state index < -0.39 is 46.7 Å². The number of aromatic nitrogens is 4. The first-order valence-electron chi connectivity index (χ1n) is 12.6. The lowest BCUT2D eigenvalue weighted by molar-refractivity contribution is -0.118. The van der Waals surface area contributed by atoms with Gasteiger partial charge >= 0.3 is 8.25 Å². The molecule has 0 aromatic carbocycles. The Balaban J connectivity index is 1.93. The molecule has 5 unspecified atom stereocenters. The second-order valence-electron chi connectivity index (χ2n) is 11.0. The number of nitrogens with one attached hydrogen (secondary N) is 2. The molecule has 16 heteroatoms. The van der Waals surface area contributed by atoms with Crippen LogP contribution < -0.4 is 10.9 Å². The van der Waals surface area contributed by atoms with Crippen molar-refractivity contribution in [1.29, 1.82) is 5.26 Å². The van der Waals surface area contributed by atoms with Gasteiger partial charge < -0.3 is 14.3 Å². The minimum absolute atomic E-state index is 0.0103. The largest absolute Gasteiger partial charge is 0.697 e. The second-order valence-corrected chi connectivity index (χ2v) is 16.8. The number of carbonyl (C=O) groups excluding carboxylic acids is 1.